The molecule has 1 fully saturated rings. The van der Waals surface area contributed by atoms with Crippen molar-refractivity contribution in [3.63, 3.8) is 0 Å². The van der Waals surface area contributed by atoms with Gasteiger partial charge in [-0.1, -0.05) is 6.92 Å². The Balaban J connectivity index is 2.03. The van der Waals surface area contributed by atoms with Crippen molar-refractivity contribution in [3.8, 4) is 0 Å². The minimum atomic E-state index is -3.09. The molecule has 1 saturated heterocycles. The minimum Gasteiger partial charge on any atom is -0.324 e. The molecule has 7 heteroatoms. The number of aryl methyl sites for hydroxylation is 2. The number of hydrogen-bond acceptors (Lipinski definition) is 4. The standard InChI is InChI=1S/C14H26N4O2S/c1-4-14-12(10-17(2)16-14)13(15)8-11-6-5-7-18(9-11)21(3,19)20/h10-11,13H,4-9,15H2,1-3H3. The van der Waals surface area contributed by atoms with Crippen LogP contribution < -0.4 is 5.73 Å². The Morgan fingerprint density at radius 3 is 2.86 bits per heavy atom. The van der Waals surface area contributed by atoms with Gasteiger partial charge in [0.15, 0.2) is 0 Å². The topological polar surface area (TPSA) is 81.2 Å². The lowest BCUT2D eigenvalue weighted by molar-refractivity contribution is 0.247. The van der Waals surface area contributed by atoms with E-state index in [4.69, 9.17) is 5.73 Å². The van der Waals surface area contributed by atoms with Crippen LogP contribution in [0.4, 0.5) is 0 Å². The van der Waals surface area contributed by atoms with Crippen LogP contribution in [0.2, 0.25) is 0 Å². The van der Waals surface area contributed by atoms with Gasteiger partial charge in [0.1, 0.15) is 0 Å². The first kappa shape index (κ1) is 16.5. The van der Waals surface area contributed by atoms with Crippen molar-refractivity contribution in [1.82, 2.24) is 14.1 Å². The van der Waals surface area contributed by atoms with E-state index in [2.05, 4.69) is 12.0 Å². The first-order chi connectivity index (χ1) is 9.81. The van der Waals surface area contributed by atoms with Crippen molar-refractivity contribution in [2.45, 2.75) is 38.6 Å². The summed E-state index contributed by atoms with van der Waals surface area (Å²) in [6.07, 6.45) is 6.90. The summed E-state index contributed by atoms with van der Waals surface area (Å²) < 4.78 is 26.7. The molecule has 0 aromatic carbocycles. The lowest BCUT2D eigenvalue weighted by Gasteiger charge is -2.32. The Morgan fingerprint density at radius 2 is 2.24 bits per heavy atom. The number of piperidine rings is 1. The number of nitrogens with zero attached hydrogens (tertiary/aromatic N) is 3. The Hall–Kier alpha value is -0.920. The van der Waals surface area contributed by atoms with Crippen LogP contribution in [0, 0.1) is 5.92 Å². The summed E-state index contributed by atoms with van der Waals surface area (Å²) in [4.78, 5) is 0. The summed E-state index contributed by atoms with van der Waals surface area (Å²) in [5.74, 6) is 0.327. The van der Waals surface area contributed by atoms with E-state index in [1.165, 1.54) is 6.26 Å². The van der Waals surface area contributed by atoms with Gasteiger partial charge >= 0.3 is 0 Å². The molecule has 0 radical (unpaired) electrons. The average molecular weight is 314 g/mol. The zero-order valence-electron chi connectivity index (χ0n) is 13.1. The van der Waals surface area contributed by atoms with E-state index >= 15 is 0 Å². The maximum atomic E-state index is 11.7. The number of aromatic nitrogens is 2. The molecular weight excluding hydrogens is 288 g/mol. The lowest BCUT2D eigenvalue weighted by Crippen LogP contribution is -2.40. The summed E-state index contributed by atoms with van der Waals surface area (Å²) >= 11 is 0. The second-order valence-electron chi connectivity index (χ2n) is 6.03. The molecule has 0 bridgehead atoms. The van der Waals surface area contributed by atoms with Crippen molar-refractivity contribution in [3.05, 3.63) is 17.5 Å². The Bertz CT molecular complexity index is 582. The third kappa shape index (κ3) is 4.05. The monoisotopic (exact) mass is 314 g/mol. The van der Waals surface area contributed by atoms with Crippen LogP contribution in [-0.2, 0) is 23.5 Å². The van der Waals surface area contributed by atoms with Gasteiger partial charge in [-0.05, 0) is 31.6 Å². The van der Waals surface area contributed by atoms with E-state index in [-0.39, 0.29) is 6.04 Å². The second-order valence-corrected chi connectivity index (χ2v) is 8.01. The van der Waals surface area contributed by atoms with Crippen LogP contribution in [0.3, 0.4) is 0 Å². The van der Waals surface area contributed by atoms with Gasteiger partial charge in [-0.15, -0.1) is 0 Å². The molecule has 6 nitrogen and oxygen atoms in total. The highest BCUT2D eigenvalue weighted by Crippen LogP contribution is 2.28. The van der Waals surface area contributed by atoms with Crippen molar-refractivity contribution in [2.24, 2.45) is 18.7 Å². The van der Waals surface area contributed by atoms with Crippen LogP contribution in [0.15, 0.2) is 6.20 Å². The molecule has 1 aliphatic heterocycles. The first-order valence-electron chi connectivity index (χ1n) is 7.54. The van der Waals surface area contributed by atoms with Gasteiger partial charge in [0.05, 0.1) is 11.9 Å². The summed E-state index contributed by atoms with van der Waals surface area (Å²) in [5.41, 5.74) is 8.49. The Morgan fingerprint density at radius 1 is 1.52 bits per heavy atom. The Labute approximate surface area is 127 Å². The molecule has 1 aromatic heterocycles. The van der Waals surface area contributed by atoms with Crippen LogP contribution in [0.5, 0.6) is 0 Å². The highest BCUT2D eigenvalue weighted by molar-refractivity contribution is 7.88. The normalized spacial score (nSPS) is 22.4. The second kappa shape index (κ2) is 6.46. The number of rotatable bonds is 5. The summed E-state index contributed by atoms with van der Waals surface area (Å²) in [6.45, 7) is 3.30. The maximum Gasteiger partial charge on any atom is 0.211 e. The highest BCUT2D eigenvalue weighted by atomic mass is 32.2. The molecule has 0 spiro atoms. The van der Waals surface area contributed by atoms with Crippen molar-refractivity contribution in [1.29, 1.82) is 0 Å². The fourth-order valence-corrected chi connectivity index (χ4v) is 4.09. The van der Waals surface area contributed by atoms with Gasteiger partial charge in [-0.25, -0.2) is 12.7 Å². The van der Waals surface area contributed by atoms with Gasteiger partial charge in [-0.3, -0.25) is 4.68 Å². The molecule has 2 rings (SSSR count). The molecule has 0 amide bonds. The van der Waals surface area contributed by atoms with E-state index in [9.17, 15) is 8.42 Å². The molecule has 2 atom stereocenters. The van der Waals surface area contributed by atoms with Gasteiger partial charge in [0, 0.05) is 37.9 Å². The van der Waals surface area contributed by atoms with Crippen molar-refractivity contribution in [2.75, 3.05) is 19.3 Å². The van der Waals surface area contributed by atoms with E-state index < -0.39 is 10.0 Å². The predicted octanol–water partition coefficient (Wildman–Crippen LogP) is 1.04. The summed E-state index contributed by atoms with van der Waals surface area (Å²) in [7, 11) is -1.19. The van der Waals surface area contributed by atoms with Gasteiger partial charge in [0.25, 0.3) is 0 Å². The molecule has 2 heterocycles. The van der Waals surface area contributed by atoms with Crippen molar-refractivity contribution < 1.29 is 8.42 Å². The largest absolute Gasteiger partial charge is 0.324 e. The van der Waals surface area contributed by atoms with E-state index in [1.807, 2.05) is 13.2 Å². The zero-order valence-corrected chi connectivity index (χ0v) is 13.9. The molecular formula is C14H26N4O2S. The fourth-order valence-electron chi connectivity index (χ4n) is 3.14. The average Bonchev–Trinajstić information content (AvgIpc) is 2.79. The number of sulfonamides is 1. The van der Waals surface area contributed by atoms with E-state index in [1.54, 1.807) is 8.99 Å². The minimum absolute atomic E-state index is 0.0711. The van der Waals surface area contributed by atoms with Crippen molar-refractivity contribution >= 4 is 10.0 Å². The van der Waals surface area contributed by atoms with Gasteiger partial charge in [-0.2, -0.15) is 5.10 Å². The summed E-state index contributed by atoms with van der Waals surface area (Å²) in [5, 5.41) is 4.43. The molecule has 1 aromatic rings. The van der Waals surface area contributed by atoms with Crippen LogP contribution in [0.1, 0.15) is 43.5 Å². The van der Waals surface area contributed by atoms with E-state index in [0.29, 0.717) is 19.0 Å². The fraction of sp³-hybridized carbons (Fsp3) is 0.786. The third-order valence-electron chi connectivity index (χ3n) is 4.21. The molecule has 0 aliphatic carbocycles. The summed E-state index contributed by atoms with van der Waals surface area (Å²) in [6, 6.07) is -0.0711. The molecule has 2 N–H and O–H groups in total. The Kier molecular flexibility index (Phi) is 5.06. The molecule has 2 unspecified atom stereocenters. The predicted molar refractivity (Wildman–Crippen MR) is 83.3 cm³/mol. The van der Waals surface area contributed by atoms with Gasteiger partial charge < -0.3 is 5.73 Å². The van der Waals surface area contributed by atoms with Crippen LogP contribution in [0.25, 0.3) is 0 Å². The molecule has 1 aliphatic rings. The zero-order chi connectivity index (χ0) is 15.6. The maximum absolute atomic E-state index is 11.7. The third-order valence-corrected chi connectivity index (χ3v) is 5.48. The SMILES string of the molecule is CCc1nn(C)cc1C(N)CC1CCCN(S(C)(=O)=O)C1. The van der Waals surface area contributed by atoms with Crippen LogP contribution >= 0.6 is 0 Å². The number of nitrogens with two attached hydrogens (primary N) is 1. The van der Waals surface area contributed by atoms with Crippen LogP contribution in [-0.4, -0.2) is 41.8 Å². The lowest BCUT2D eigenvalue weighted by atomic mass is 9.90. The van der Waals surface area contributed by atoms with E-state index in [0.717, 1.165) is 36.9 Å². The highest BCUT2D eigenvalue weighted by Gasteiger charge is 2.28. The molecule has 21 heavy (non-hydrogen) atoms. The smallest absolute Gasteiger partial charge is 0.211 e. The first-order valence-corrected chi connectivity index (χ1v) is 9.39. The van der Waals surface area contributed by atoms with Gasteiger partial charge in [0.2, 0.25) is 10.0 Å². The molecule has 120 valence electrons. The quantitative estimate of drug-likeness (QED) is 0.880. The molecule has 0 saturated carbocycles. The number of hydrogen-bond donors (Lipinski definition) is 1.